The molecule has 4 rings (SSSR count). The molecule has 0 amide bonds. The molecule has 2 aliphatic heterocycles. The van der Waals surface area contributed by atoms with Crippen molar-refractivity contribution in [1.29, 1.82) is 0 Å². The number of rotatable bonds is 5. The van der Waals surface area contributed by atoms with E-state index in [4.69, 9.17) is 4.74 Å². The number of sulfonamides is 1. The van der Waals surface area contributed by atoms with E-state index in [0.717, 1.165) is 30.5 Å². The number of hydrogen-bond acceptors (Lipinski definition) is 5. The largest absolute Gasteiger partial charge is 0.497 e. The summed E-state index contributed by atoms with van der Waals surface area (Å²) in [6, 6.07) is 14.8. The van der Waals surface area contributed by atoms with Crippen LogP contribution in [0.4, 0.5) is 0 Å². The first-order valence-electron chi connectivity index (χ1n) is 12.0. The minimum Gasteiger partial charge on any atom is -0.497 e. The zero-order valence-corrected chi connectivity index (χ0v) is 21.0. The molecule has 0 aliphatic carbocycles. The van der Waals surface area contributed by atoms with Crippen molar-refractivity contribution in [2.75, 3.05) is 33.4 Å². The summed E-state index contributed by atoms with van der Waals surface area (Å²) in [5.74, 6) is 7.39. The number of methoxy groups -OCH3 is 1. The Labute approximate surface area is 203 Å². The molecule has 7 heteroatoms. The number of nitrogens with zero attached hydrogens (tertiary/aromatic N) is 2. The molecule has 0 bridgehead atoms. The lowest BCUT2D eigenvalue weighted by atomic mass is 9.74. The highest BCUT2D eigenvalue weighted by molar-refractivity contribution is 7.89. The zero-order valence-electron chi connectivity index (χ0n) is 20.1. The smallest absolute Gasteiger partial charge is 0.243 e. The SMILES string of the molecule is COc1ccc(S(=O)(=O)N2CCCCN3[C@H](CO)[C@H](c4ccc(C#CC(C)C)cc4)[C@H]3C2)cc1. The molecule has 2 aromatic rings. The van der Waals surface area contributed by atoms with E-state index in [-0.39, 0.29) is 29.5 Å². The Hall–Kier alpha value is -2.37. The van der Waals surface area contributed by atoms with Crippen LogP contribution in [0.2, 0.25) is 0 Å². The summed E-state index contributed by atoms with van der Waals surface area (Å²) in [5, 5.41) is 10.2. The number of benzene rings is 2. The van der Waals surface area contributed by atoms with Crippen LogP contribution in [0.5, 0.6) is 5.75 Å². The highest BCUT2D eigenvalue weighted by Crippen LogP contribution is 2.42. The van der Waals surface area contributed by atoms with Crippen molar-refractivity contribution in [3.63, 3.8) is 0 Å². The maximum Gasteiger partial charge on any atom is 0.243 e. The Morgan fingerprint density at radius 1 is 1.06 bits per heavy atom. The van der Waals surface area contributed by atoms with Gasteiger partial charge in [0.05, 0.1) is 18.6 Å². The van der Waals surface area contributed by atoms with Crippen LogP contribution in [0.1, 0.15) is 43.7 Å². The molecule has 2 aliphatic rings. The van der Waals surface area contributed by atoms with Crippen molar-refractivity contribution in [1.82, 2.24) is 9.21 Å². The molecule has 0 unspecified atom stereocenters. The van der Waals surface area contributed by atoms with Crippen molar-refractivity contribution in [2.24, 2.45) is 5.92 Å². The molecular formula is C27H34N2O4S. The molecule has 182 valence electrons. The summed E-state index contributed by atoms with van der Waals surface area (Å²) >= 11 is 0. The molecule has 2 fully saturated rings. The molecule has 2 saturated heterocycles. The van der Waals surface area contributed by atoms with Gasteiger partial charge in [0.15, 0.2) is 0 Å². The van der Waals surface area contributed by atoms with Crippen molar-refractivity contribution < 1.29 is 18.3 Å². The van der Waals surface area contributed by atoms with Gasteiger partial charge in [-0.15, -0.1) is 0 Å². The van der Waals surface area contributed by atoms with Gasteiger partial charge in [-0.05, 0) is 61.3 Å². The molecular weight excluding hydrogens is 448 g/mol. The van der Waals surface area contributed by atoms with E-state index in [0.29, 0.717) is 24.8 Å². The van der Waals surface area contributed by atoms with Crippen LogP contribution in [0, 0.1) is 17.8 Å². The Morgan fingerprint density at radius 2 is 1.74 bits per heavy atom. The van der Waals surface area contributed by atoms with E-state index >= 15 is 0 Å². The van der Waals surface area contributed by atoms with E-state index < -0.39 is 10.0 Å². The Kier molecular flexibility index (Phi) is 7.63. The second kappa shape index (κ2) is 10.5. The van der Waals surface area contributed by atoms with E-state index in [1.807, 2.05) is 12.1 Å². The molecule has 0 spiro atoms. The molecule has 3 atom stereocenters. The van der Waals surface area contributed by atoms with Crippen LogP contribution >= 0.6 is 0 Å². The van der Waals surface area contributed by atoms with E-state index in [1.54, 1.807) is 35.7 Å². The molecule has 1 N–H and O–H groups in total. The minimum absolute atomic E-state index is 0.00115. The summed E-state index contributed by atoms with van der Waals surface area (Å²) in [4.78, 5) is 2.57. The zero-order chi connectivity index (χ0) is 24.3. The van der Waals surface area contributed by atoms with Crippen LogP contribution in [0.3, 0.4) is 0 Å². The predicted octanol–water partition coefficient (Wildman–Crippen LogP) is 3.32. The Balaban J connectivity index is 1.59. The fourth-order valence-electron chi connectivity index (χ4n) is 5.04. The van der Waals surface area contributed by atoms with Crippen molar-refractivity contribution >= 4 is 10.0 Å². The van der Waals surface area contributed by atoms with E-state index in [9.17, 15) is 13.5 Å². The fraction of sp³-hybridized carbons (Fsp3) is 0.481. The van der Waals surface area contributed by atoms with E-state index in [2.05, 4.69) is 42.7 Å². The van der Waals surface area contributed by atoms with Gasteiger partial charge >= 0.3 is 0 Å². The molecule has 0 saturated carbocycles. The minimum atomic E-state index is -3.63. The normalized spacial score (nSPS) is 23.7. The van der Waals surface area contributed by atoms with Crippen molar-refractivity contribution in [3.8, 4) is 17.6 Å². The first-order chi connectivity index (χ1) is 16.3. The highest BCUT2D eigenvalue weighted by atomic mass is 32.2. The van der Waals surface area contributed by atoms with Gasteiger partial charge in [0, 0.05) is 42.6 Å². The number of aliphatic hydroxyl groups is 1. The second-order valence-corrected chi connectivity index (χ2v) is 11.3. The molecule has 6 nitrogen and oxygen atoms in total. The van der Waals surface area contributed by atoms with Crippen molar-refractivity contribution in [2.45, 2.75) is 49.6 Å². The third-order valence-corrected chi connectivity index (χ3v) is 8.71. The third kappa shape index (κ3) is 5.01. The summed E-state index contributed by atoms with van der Waals surface area (Å²) in [6.07, 6.45) is 1.70. The van der Waals surface area contributed by atoms with Gasteiger partial charge < -0.3 is 9.84 Å². The van der Waals surface area contributed by atoms with Crippen LogP contribution in [-0.4, -0.2) is 68.2 Å². The average molecular weight is 483 g/mol. The molecule has 2 aromatic carbocycles. The lowest BCUT2D eigenvalue weighted by molar-refractivity contribution is -0.0553. The molecule has 34 heavy (non-hydrogen) atoms. The van der Waals surface area contributed by atoms with Gasteiger partial charge in [0.2, 0.25) is 10.0 Å². The first kappa shape index (κ1) is 24.7. The molecule has 0 aromatic heterocycles. The van der Waals surface area contributed by atoms with Gasteiger partial charge in [-0.2, -0.15) is 4.31 Å². The lowest BCUT2D eigenvalue weighted by Crippen LogP contribution is -2.67. The summed E-state index contributed by atoms with van der Waals surface area (Å²) in [5.41, 5.74) is 2.09. The first-order valence-corrected chi connectivity index (χ1v) is 13.4. The topological polar surface area (TPSA) is 70.1 Å². The fourth-order valence-corrected chi connectivity index (χ4v) is 6.54. The maximum atomic E-state index is 13.5. The van der Waals surface area contributed by atoms with Gasteiger partial charge in [-0.3, -0.25) is 4.90 Å². The summed E-state index contributed by atoms with van der Waals surface area (Å²) in [6.45, 7) is 5.97. The van der Waals surface area contributed by atoms with E-state index in [1.165, 1.54) is 0 Å². The van der Waals surface area contributed by atoms with Crippen LogP contribution in [0.25, 0.3) is 0 Å². The number of aliphatic hydroxyl groups excluding tert-OH is 1. The predicted molar refractivity (Wildman–Crippen MR) is 133 cm³/mol. The standard InChI is InChI=1S/C27H34N2O4S/c1-20(2)6-7-21-8-10-22(11-9-21)27-25-18-28(16-4-5-17-29(25)26(27)19-30)34(31,32)24-14-12-23(33-3)13-15-24/h8-15,20,25-27,30H,4-5,16-19H2,1-3H3/t25-,26-,27-/m1/s1. The molecule has 0 radical (unpaired) electrons. The lowest BCUT2D eigenvalue weighted by Gasteiger charge is -2.57. The van der Waals surface area contributed by atoms with Gasteiger partial charge in [0.1, 0.15) is 5.75 Å². The van der Waals surface area contributed by atoms with Gasteiger partial charge in [-0.25, -0.2) is 8.42 Å². The number of hydrogen-bond donors (Lipinski definition) is 1. The number of ether oxygens (including phenoxy) is 1. The Bertz CT molecular complexity index is 1130. The third-order valence-electron chi connectivity index (χ3n) is 6.83. The second-order valence-electron chi connectivity index (χ2n) is 9.37. The summed E-state index contributed by atoms with van der Waals surface area (Å²) < 4.78 is 33.8. The van der Waals surface area contributed by atoms with Crippen molar-refractivity contribution in [3.05, 3.63) is 59.7 Å². The number of fused-ring (bicyclic) bond motifs is 1. The average Bonchev–Trinajstić information content (AvgIpc) is 2.82. The quantitative estimate of drug-likeness (QED) is 0.662. The Morgan fingerprint density at radius 3 is 2.35 bits per heavy atom. The van der Waals surface area contributed by atoms with Gasteiger partial charge in [0.25, 0.3) is 0 Å². The van der Waals surface area contributed by atoms with Gasteiger partial charge in [-0.1, -0.05) is 37.8 Å². The van der Waals surface area contributed by atoms with Crippen LogP contribution in [-0.2, 0) is 10.0 Å². The molecule has 2 heterocycles. The van der Waals surface area contributed by atoms with Crippen LogP contribution < -0.4 is 4.74 Å². The monoisotopic (exact) mass is 482 g/mol. The summed E-state index contributed by atoms with van der Waals surface area (Å²) in [7, 11) is -2.07. The highest BCUT2D eigenvalue weighted by Gasteiger charge is 2.50. The van der Waals surface area contributed by atoms with Crippen LogP contribution in [0.15, 0.2) is 53.4 Å². The maximum absolute atomic E-state index is 13.5.